The van der Waals surface area contributed by atoms with Gasteiger partial charge in [0.1, 0.15) is 15.6 Å². The lowest BCUT2D eigenvalue weighted by molar-refractivity contribution is 0.138. The molecule has 0 aliphatic carbocycles. The Kier molecular flexibility index (Phi) is 8.49. The molecule has 33 heavy (non-hydrogen) atoms. The molecule has 2 aromatic rings. The van der Waals surface area contributed by atoms with Crippen LogP contribution in [-0.4, -0.2) is 51.6 Å². The molecule has 174 valence electrons. The van der Waals surface area contributed by atoms with Gasteiger partial charge in [-0.05, 0) is 74.5 Å². The highest BCUT2D eigenvalue weighted by molar-refractivity contribution is 7.90. The Hall–Kier alpha value is -2.87. The first-order chi connectivity index (χ1) is 15.9. The Morgan fingerprint density at radius 1 is 1.06 bits per heavy atom. The summed E-state index contributed by atoms with van der Waals surface area (Å²) in [5, 5.41) is 19.1. The average molecular weight is 466 g/mol. The first-order valence-corrected chi connectivity index (χ1v) is 13.4. The first kappa shape index (κ1) is 24.8. The summed E-state index contributed by atoms with van der Waals surface area (Å²) in [5.74, 6) is 0.903. The molecule has 1 saturated heterocycles. The van der Waals surface area contributed by atoms with E-state index in [1.165, 1.54) is 6.26 Å². The van der Waals surface area contributed by atoms with E-state index in [-0.39, 0.29) is 11.7 Å². The molecule has 1 unspecified atom stereocenters. The van der Waals surface area contributed by atoms with E-state index in [9.17, 15) is 13.7 Å². The van der Waals surface area contributed by atoms with Crippen molar-refractivity contribution in [1.82, 2.24) is 4.90 Å². The van der Waals surface area contributed by atoms with Crippen molar-refractivity contribution >= 4 is 9.84 Å². The van der Waals surface area contributed by atoms with Crippen molar-refractivity contribution in [3.63, 3.8) is 0 Å². The molecule has 0 N–H and O–H groups in total. The van der Waals surface area contributed by atoms with Crippen LogP contribution in [0.4, 0.5) is 0 Å². The molecule has 0 amide bonds. The molecule has 0 saturated carbocycles. The Balaban J connectivity index is 1.55. The predicted octanol–water partition coefficient (Wildman–Crippen LogP) is 3.94. The van der Waals surface area contributed by atoms with Crippen LogP contribution in [0.5, 0.6) is 5.75 Å². The van der Waals surface area contributed by atoms with E-state index in [2.05, 4.69) is 17.0 Å². The molecule has 2 aromatic carbocycles. The third-order valence-electron chi connectivity index (χ3n) is 6.51. The van der Waals surface area contributed by atoms with Gasteiger partial charge in [0.25, 0.3) is 0 Å². The zero-order chi connectivity index (χ0) is 23.7. The summed E-state index contributed by atoms with van der Waals surface area (Å²) in [4.78, 5) is 2.39. The summed E-state index contributed by atoms with van der Waals surface area (Å²) < 4.78 is 29.6. The number of benzene rings is 2. The second-order valence-corrected chi connectivity index (χ2v) is 11.0. The van der Waals surface area contributed by atoms with Gasteiger partial charge in [0.15, 0.2) is 0 Å². The van der Waals surface area contributed by atoms with Crippen molar-refractivity contribution in [1.29, 1.82) is 10.5 Å². The number of rotatable bonds is 10. The van der Waals surface area contributed by atoms with E-state index in [4.69, 9.17) is 10.00 Å². The molecular weight excluding hydrogens is 434 g/mol. The molecule has 6 nitrogen and oxygen atoms in total. The standard InChI is InChI=1S/C26H31N3O3S/c1-33(30,31)19-14-26(21-28,23-6-3-2-4-7-23)24-12-16-29(17-13-24)15-5-18-32-25-10-8-22(20-27)9-11-25/h2-4,6-11,24H,5,12-19H2,1H3. The third kappa shape index (κ3) is 6.81. The molecule has 0 aromatic heterocycles. The van der Waals surface area contributed by atoms with Gasteiger partial charge in [-0.25, -0.2) is 8.42 Å². The van der Waals surface area contributed by atoms with Crippen LogP contribution in [0.3, 0.4) is 0 Å². The number of hydrogen-bond acceptors (Lipinski definition) is 6. The normalized spacial score (nSPS) is 16.9. The smallest absolute Gasteiger partial charge is 0.147 e. The fourth-order valence-electron chi connectivity index (χ4n) is 4.63. The van der Waals surface area contributed by atoms with Gasteiger partial charge >= 0.3 is 0 Å². The number of hydrogen-bond donors (Lipinski definition) is 0. The van der Waals surface area contributed by atoms with E-state index in [0.29, 0.717) is 18.6 Å². The molecule has 1 heterocycles. The van der Waals surface area contributed by atoms with Gasteiger partial charge in [0, 0.05) is 12.8 Å². The number of piperidine rings is 1. The minimum absolute atomic E-state index is 0.0162. The second-order valence-electron chi connectivity index (χ2n) is 8.78. The van der Waals surface area contributed by atoms with Gasteiger partial charge in [-0.15, -0.1) is 0 Å². The number of likely N-dealkylation sites (tertiary alicyclic amines) is 1. The van der Waals surface area contributed by atoms with Crippen LogP contribution in [0.25, 0.3) is 0 Å². The van der Waals surface area contributed by atoms with Crippen molar-refractivity contribution in [3.05, 3.63) is 65.7 Å². The first-order valence-electron chi connectivity index (χ1n) is 11.4. The number of nitrogens with zero attached hydrogens (tertiary/aromatic N) is 3. The average Bonchev–Trinajstić information content (AvgIpc) is 2.84. The van der Waals surface area contributed by atoms with Gasteiger partial charge in [-0.3, -0.25) is 0 Å². The fourth-order valence-corrected chi connectivity index (χ4v) is 5.32. The Labute approximate surface area is 197 Å². The fraction of sp³-hybridized carbons (Fsp3) is 0.462. The number of ether oxygens (including phenoxy) is 1. The third-order valence-corrected chi connectivity index (χ3v) is 7.46. The number of sulfone groups is 1. The molecule has 1 atom stereocenters. The van der Waals surface area contributed by atoms with Crippen LogP contribution in [0.1, 0.15) is 36.8 Å². The monoisotopic (exact) mass is 465 g/mol. The molecule has 1 aliphatic rings. The van der Waals surface area contributed by atoms with Crippen LogP contribution in [-0.2, 0) is 15.3 Å². The summed E-state index contributed by atoms with van der Waals surface area (Å²) in [5.41, 5.74) is 0.755. The van der Waals surface area contributed by atoms with Crippen LogP contribution < -0.4 is 4.74 Å². The van der Waals surface area contributed by atoms with Crippen molar-refractivity contribution < 1.29 is 13.2 Å². The van der Waals surface area contributed by atoms with E-state index >= 15 is 0 Å². The highest BCUT2D eigenvalue weighted by atomic mass is 32.2. The Morgan fingerprint density at radius 3 is 2.30 bits per heavy atom. The molecule has 1 fully saturated rings. The predicted molar refractivity (Wildman–Crippen MR) is 128 cm³/mol. The molecule has 0 bridgehead atoms. The topological polar surface area (TPSA) is 94.2 Å². The van der Waals surface area contributed by atoms with Crippen LogP contribution in [0.2, 0.25) is 0 Å². The lowest BCUT2D eigenvalue weighted by Crippen LogP contribution is -2.44. The van der Waals surface area contributed by atoms with Crippen molar-refractivity contribution in [2.75, 3.05) is 38.2 Å². The zero-order valence-corrected chi connectivity index (χ0v) is 19.9. The maximum absolute atomic E-state index is 11.9. The summed E-state index contributed by atoms with van der Waals surface area (Å²) in [6, 6.07) is 21.4. The lowest BCUT2D eigenvalue weighted by Gasteiger charge is -2.41. The maximum atomic E-state index is 11.9. The Morgan fingerprint density at radius 2 is 1.73 bits per heavy atom. The molecule has 0 spiro atoms. The van der Waals surface area contributed by atoms with Crippen molar-refractivity contribution in [2.24, 2.45) is 5.92 Å². The van der Waals surface area contributed by atoms with Gasteiger partial charge < -0.3 is 9.64 Å². The van der Waals surface area contributed by atoms with Gasteiger partial charge in [-0.2, -0.15) is 10.5 Å². The van der Waals surface area contributed by atoms with Crippen molar-refractivity contribution in [2.45, 2.75) is 31.1 Å². The largest absolute Gasteiger partial charge is 0.494 e. The molecular formula is C26H31N3O3S. The highest BCUT2D eigenvalue weighted by Gasteiger charge is 2.42. The molecule has 3 rings (SSSR count). The molecule has 0 radical (unpaired) electrons. The molecule has 1 aliphatic heterocycles. The van der Waals surface area contributed by atoms with Gasteiger partial charge in [-0.1, -0.05) is 30.3 Å². The zero-order valence-electron chi connectivity index (χ0n) is 19.1. The van der Waals surface area contributed by atoms with E-state index in [0.717, 1.165) is 50.2 Å². The van der Waals surface area contributed by atoms with Crippen molar-refractivity contribution in [3.8, 4) is 17.9 Å². The minimum atomic E-state index is -3.16. The summed E-state index contributed by atoms with van der Waals surface area (Å²) in [6.07, 6.45) is 4.18. The van der Waals surface area contributed by atoms with Gasteiger partial charge in [0.2, 0.25) is 0 Å². The lowest BCUT2D eigenvalue weighted by atomic mass is 9.66. The van der Waals surface area contributed by atoms with Crippen LogP contribution >= 0.6 is 0 Å². The summed E-state index contributed by atoms with van der Waals surface area (Å²) >= 11 is 0. The van der Waals surface area contributed by atoms with E-state index in [1.807, 2.05) is 42.5 Å². The van der Waals surface area contributed by atoms with E-state index < -0.39 is 15.3 Å². The quantitative estimate of drug-likeness (QED) is 0.494. The van der Waals surface area contributed by atoms with Gasteiger partial charge in [0.05, 0.1) is 35.5 Å². The highest BCUT2D eigenvalue weighted by Crippen LogP contribution is 2.41. The Bertz CT molecular complexity index is 1080. The SMILES string of the molecule is CS(=O)(=O)CCC(C#N)(c1ccccc1)C1CCN(CCCOc2ccc(C#N)cc2)CC1. The summed E-state index contributed by atoms with van der Waals surface area (Å²) in [7, 11) is -3.16. The summed E-state index contributed by atoms with van der Waals surface area (Å²) in [6.45, 7) is 3.29. The minimum Gasteiger partial charge on any atom is -0.494 e. The van der Waals surface area contributed by atoms with E-state index in [1.54, 1.807) is 12.1 Å². The second kappa shape index (κ2) is 11.3. The van der Waals surface area contributed by atoms with Crippen LogP contribution in [0.15, 0.2) is 54.6 Å². The number of nitriles is 2. The molecule has 7 heteroatoms. The maximum Gasteiger partial charge on any atom is 0.147 e. The van der Waals surface area contributed by atoms with Crippen LogP contribution in [0, 0.1) is 28.6 Å².